The number of hydrogen-bond donors (Lipinski definition) is 0. The van der Waals surface area contributed by atoms with Gasteiger partial charge in [-0.2, -0.15) is 5.71 Å². The van der Waals surface area contributed by atoms with Crippen molar-refractivity contribution in [3.63, 3.8) is 0 Å². The van der Waals surface area contributed by atoms with Crippen molar-refractivity contribution < 1.29 is 4.79 Å². The Morgan fingerprint density at radius 2 is 1.93 bits per heavy atom. The molecule has 0 fully saturated rings. The molecule has 0 saturated heterocycles. The van der Waals surface area contributed by atoms with E-state index in [0.29, 0.717) is 0 Å². The second kappa shape index (κ2) is 6.20. The monoisotopic (exact) mass is 178 g/mol. The molecule has 0 heterocycles. The maximum atomic E-state index is 11.6. The van der Waals surface area contributed by atoms with Gasteiger partial charge in [-0.3, -0.25) is 0 Å². The van der Waals surface area contributed by atoms with Gasteiger partial charge in [0.15, 0.2) is 0 Å². The van der Waals surface area contributed by atoms with E-state index >= 15 is 0 Å². The van der Waals surface area contributed by atoms with E-state index in [0.717, 1.165) is 0 Å². The molecule has 0 atom stereocenters. The van der Waals surface area contributed by atoms with Gasteiger partial charge >= 0.3 is 0 Å². The van der Waals surface area contributed by atoms with Gasteiger partial charge in [0.1, 0.15) is 0 Å². The average Bonchev–Trinajstić information content (AvgIpc) is 2.09. The molecule has 0 rings (SSSR count). The van der Waals surface area contributed by atoms with Gasteiger partial charge in [-0.1, -0.05) is 6.92 Å². The molecule has 12 heteroatoms. The van der Waals surface area contributed by atoms with Gasteiger partial charge in [-0.05, 0) is 29.0 Å². The lowest BCUT2D eigenvalue weighted by Gasteiger charge is -2.47. The van der Waals surface area contributed by atoms with Crippen LogP contribution in [0.4, 0.5) is 0 Å². The molecule has 0 aliphatic carbocycles. The van der Waals surface area contributed by atoms with Gasteiger partial charge in [-0.25, -0.2) is 29.6 Å². The van der Waals surface area contributed by atoms with Gasteiger partial charge in [0.25, 0.3) is 0 Å². The Morgan fingerprint density at radius 3 is 2.13 bits per heavy atom. The second-order valence-electron chi connectivity index (χ2n) is 3.85. The largest absolute Gasteiger partial charge is 0.686 e. The van der Waals surface area contributed by atoms with Gasteiger partial charge in [0.2, 0.25) is 0 Å². The lowest BCUT2D eigenvalue weighted by atomic mass is 8.51. The molecule has 0 amide bonds. The van der Waals surface area contributed by atoms with E-state index in [-0.39, 0.29) is 12.1 Å². The predicted octanol–water partition coefficient (Wildman–Crippen LogP) is -3.72. The molecular formula is C3H5B11O-2. The summed E-state index contributed by atoms with van der Waals surface area (Å²) in [4.78, 5) is 11.6. The van der Waals surface area contributed by atoms with Gasteiger partial charge < -0.3 is 12.5 Å². The van der Waals surface area contributed by atoms with Crippen LogP contribution in [-0.2, 0) is 4.79 Å². The topological polar surface area (TPSA) is 17.1 Å². The molecular weight excluding hydrogens is 171 g/mol. The first-order valence-electron chi connectivity index (χ1n) is 4.89. The summed E-state index contributed by atoms with van der Waals surface area (Å²) in [5, 5.41) is 0. The summed E-state index contributed by atoms with van der Waals surface area (Å²) in [6.45, 7) is 0.962. The summed E-state index contributed by atoms with van der Waals surface area (Å²) in [6, 6.07) is 0. The van der Waals surface area contributed by atoms with Crippen molar-refractivity contribution in [3.8, 4) is 0 Å². The normalized spacial score (nSPS) is 10.5. The first kappa shape index (κ1) is 15.4. The quantitative estimate of drug-likeness (QED) is 0.380. The Morgan fingerprint density at radius 1 is 1.47 bits per heavy atom. The summed E-state index contributed by atoms with van der Waals surface area (Å²) in [7, 11) is 34.3. The first-order chi connectivity index (χ1) is 6.75. The van der Waals surface area contributed by atoms with Crippen LogP contribution in [-0.4, -0.2) is 84.1 Å². The molecule has 1 nitrogen and oxygen atoms in total. The molecule has 0 unspecified atom stereocenters. The Bertz CT molecular complexity index is 208. The second-order valence-corrected chi connectivity index (χ2v) is 3.85. The van der Waals surface area contributed by atoms with Crippen molar-refractivity contribution in [1.82, 2.24) is 0 Å². The third-order valence-corrected chi connectivity index (χ3v) is 2.44. The molecule has 14 radical (unpaired) electrons. The lowest BCUT2D eigenvalue weighted by Crippen LogP contribution is -2.72. The maximum absolute atomic E-state index is 11.6. The van der Waals surface area contributed by atoms with Crippen LogP contribution in [0.5, 0.6) is 0 Å². The van der Waals surface area contributed by atoms with Crippen LogP contribution in [0, 0.1) is 0 Å². The van der Waals surface area contributed by atoms with Crippen molar-refractivity contribution in [2.45, 2.75) is 13.3 Å². The molecule has 0 bridgehead atoms. The minimum absolute atomic E-state index is 0.149. The number of rotatable bonds is 6. The zero-order valence-corrected chi connectivity index (χ0v) is 8.97. The molecule has 0 aromatic heterocycles. The molecule has 0 saturated carbocycles. The molecule has 0 spiro atoms. The minimum atomic E-state index is -2.26. The fraction of sp³-hybridized carbons (Fsp3) is 0.667. The predicted molar refractivity (Wildman–Crippen MR) is 78.6 cm³/mol. The van der Waals surface area contributed by atoms with Crippen LogP contribution in [0.3, 0.4) is 0 Å². The zero-order chi connectivity index (χ0) is 12.2. The van der Waals surface area contributed by atoms with Crippen LogP contribution in [0.1, 0.15) is 13.3 Å². The van der Waals surface area contributed by atoms with E-state index in [1.807, 2.05) is 0 Å². The third kappa shape index (κ3) is 4.40. The molecule has 15 heavy (non-hydrogen) atoms. The van der Waals surface area contributed by atoms with Crippen molar-refractivity contribution in [1.29, 1.82) is 0 Å². The molecule has 0 aromatic carbocycles. The van der Waals surface area contributed by atoms with Crippen LogP contribution >= 0.6 is 0 Å². The molecule has 0 N–H and O–H groups in total. The van der Waals surface area contributed by atoms with Crippen LogP contribution in [0.25, 0.3) is 0 Å². The summed E-state index contributed by atoms with van der Waals surface area (Å²) in [6.07, 6.45) is -1.29. The van der Waals surface area contributed by atoms with Crippen molar-refractivity contribution in [2.75, 3.05) is 0 Å². The summed E-state index contributed by atoms with van der Waals surface area (Å²) >= 11 is 0. The fourth-order valence-electron chi connectivity index (χ4n) is 1.59. The highest BCUT2D eigenvalue weighted by atomic mass is 16.1. The summed E-state index contributed by atoms with van der Waals surface area (Å²) in [5.41, 5.74) is -2.41. The van der Waals surface area contributed by atoms with E-state index in [2.05, 4.69) is 0 Å². The summed E-state index contributed by atoms with van der Waals surface area (Å²) in [5.74, 6) is 0. The average molecular weight is 176 g/mol. The van der Waals surface area contributed by atoms with Crippen LogP contribution in [0.15, 0.2) is 0 Å². The smallest absolute Gasteiger partial charge is 0.0671 e. The standard InChI is InChI=1S/C3H5B11O/c1-2-3(15)11(12(5)6)13(10-4)14(7,8)9/h2H2,1H3/q-2. The Labute approximate surface area is 102 Å². The Balaban J connectivity index is 4.96. The molecule has 0 aliphatic heterocycles. The first-order valence-corrected chi connectivity index (χ1v) is 4.89. The number of carbonyl (C=O) groups excluding carboxylic acids is 1. The zero-order valence-electron chi connectivity index (χ0n) is 8.97. The fourth-order valence-corrected chi connectivity index (χ4v) is 1.59. The van der Waals surface area contributed by atoms with Gasteiger partial charge in [0.05, 0.1) is 12.2 Å². The Kier molecular flexibility index (Phi) is 6.36. The third-order valence-electron chi connectivity index (χ3n) is 2.44. The number of carbonyl (C=O) groups is 1. The SMILES string of the molecule is [B][B]B(B(B([B])[B-])C(=O)CC)[B-]([B])([B])[B]. The van der Waals surface area contributed by atoms with Crippen molar-refractivity contribution in [3.05, 3.63) is 0 Å². The maximum Gasteiger partial charge on any atom is 0.0671 e. The highest BCUT2D eigenvalue weighted by Gasteiger charge is 2.28. The Hall–Kier alpha value is 0.384. The highest BCUT2D eigenvalue weighted by molar-refractivity contribution is 8.07. The molecule has 0 aliphatic rings. The summed E-state index contributed by atoms with van der Waals surface area (Å²) < 4.78 is 0. The number of hydrogen-bond acceptors (Lipinski definition) is 1. The van der Waals surface area contributed by atoms with E-state index in [4.69, 9.17) is 46.4 Å². The molecule has 0 aromatic rings. The lowest BCUT2D eigenvalue weighted by molar-refractivity contribution is -0.111. The molecule has 58 valence electrons. The van der Waals surface area contributed by atoms with Gasteiger partial charge in [0, 0.05) is 0 Å². The van der Waals surface area contributed by atoms with Crippen LogP contribution in [0.2, 0.25) is 0 Å². The van der Waals surface area contributed by atoms with Crippen LogP contribution < -0.4 is 0 Å². The van der Waals surface area contributed by atoms with E-state index in [9.17, 15) is 4.79 Å². The van der Waals surface area contributed by atoms with Crippen molar-refractivity contribution in [2.24, 2.45) is 0 Å². The van der Waals surface area contributed by atoms with Crippen molar-refractivity contribution >= 4 is 84.1 Å². The van der Waals surface area contributed by atoms with E-state index in [1.54, 1.807) is 6.92 Å². The highest BCUT2D eigenvalue weighted by Crippen LogP contribution is 2.02. The minimum Gasteiger partial charge on any atom is -0.686 e. The van der Waals surface area contributed by atoms with E-state index < -0.39 is 25.0 Å². The van der Waals surface area contributed by atoms with Gasteiger partial charge in [-0.15, -0.1) is 6.39 Å². The van der Waals surface area contributed by atoms with E-state index in [1.165, 1.54) is 7.06 Å².